The van der Waals surface area contributed by atoms with E-state index in [0.717, 1.165) is 24.3 Å². The number of benzene rings is 1. The van der Waals surface area contributed by atoms with Crippen molar-refractivity contribution in [2.45, 2.75) is 44.9 Å². The molecule has 19 heavy (non-hydrogen) atoms. The molecule has 2 unspecified atom stereocenters. The maximum atomic E-state index is 13.3. The molecule has 0 saturated carbocycles. The number of likely N-dealkylation sites (N-methyl/N-ethyl adjacent to an activating group) is 1. The van der Waals surface area contributed by atoms with Gasteiger partial charge in [0.25, 0.3) is 0 Å². The van der Waals surface area contributed by atoms with Crippen LogP contribution in [0.3, 0.4) is 0 Å². The van der Waals surface area contributed by atoms with Crippen LogP contribution in [0.2, 0.25) is 5.02 Å². The minimum atomic E-state index is -0.218. The molecule has 0 radical (unpaired) electrons. The van der Waals surface area contributed by atoms with Crippen LogP contribution >= 0.6 is 23.4 Å². The van der Waals surface area contributed by atoms with Gasteiger partial charge in [-0.3, -0.25) is 0 Å². The number of hydrogen-bond donors (Lipinski definition) is 1. The predicted octanol–water partition coefficient (Wildman–Crippen LogP) is 4.53. The molecular weight excluding hydrogens is 281 g/mol. The summed E-state index contributed by atoms with van der Waals surface area (Å²) >= 11 is 8.08. The third-order valence-electron chi connectivity index (χ3n) is 3.12. The van der Waals surface area contributed by atoms with Gasteiger partial charge in [-0.05, 0) is 43.1 Å². The van der Waals surface area contributed by atoms with Gasteiger partial charge in [-0.1, -0.05) is 32.4 Å². The molecule has 0 heterocycles. The molecule has 108 valence electrons. The molecule has 2 atom stereocenters. The summed E-state index contributed by atoms with van der Waals surface area (Å²) in [6.07, 6.45) is 1.94. The Kier molecular flexibility index (Phi) is 7.81. The highest BCUT2D eigenvalue weighted by Gasteiger charge is 2.13. The third-order valence-corrected chi connectivity index (χ3v) is 4.99. The van der Waals surface area contributed by atoms with Crippen LogP contribution in [0.5, 0.6) is 0 Å². The molecule has 0 aliphatic carbocycles. The predicted molar refractivity (Wildman–Crippen MR) is 84.8 cm³/mol. The number of halogens is 2. The lowest BCUT2D eigenvalue weighted by Gasteiger charge is -2.20. The Balaban J connectivity index is 2.63. The summed E-state index contributed by atoms with van der Waals surface area (Å²) in [7, 11) is 0. The molecule has 0 amide bonds. The molecule has 1 rings (SSSR count). The fourth-order valence-electron chi connectivity index (χ4n) is 1.84. The van der Waals surface area contributed by atoms with Crippen molar-refractivity contribution in [3.8, 4) is 0 Å². The van der Waals surface area contributed by atoms with Crippen molar-refractivity contribution in [1.82, 2.24) is 5.32 Å². The topological polar surface area (TPSA) is 12.0 Å². The van der Waals surface area contributed by atoms with E-state index < -0.39 is 0 Å². The molecule has 0 aromatic heterocycles. The van der Waals surface area contributed by atoms with Gasteiger partial charge in [0.2, 0.25) is 0 Å². The first-order chi connectivity index (χ1) is 9.06. The molecule has 0 aliphatic heterocycles. The molecule has 1 aromatic carbocycles. The van der Waals surface area contributed by atoms with Gasteiger partial charge in [-0.2, -0.15) is 11.8 Å². The van der Waals surface area contributed by atoms with Gasteiger partial charge in [0.15, 0.2) is 0 Å². The molecule has 0 bridgehead atoms. The first-order valence-electron chi connectivity index (χ1n) is 6.85. The summed E-state index contributed by atoms with van der Waals surface area (Å²) in [5.41, 5.74) is 0.886. The fraction of sp³-hybridized carbons (Fsp3) is 0.600. The third kappa shape index (κ3) is 6.15. The number of hydrogen-bond acceptors (Lipinski definition) is 2. The van der Waals surface area contributed by atoms with Crippen molar-refractivity contribution in [3.05, 3.63) is 34.6 Å². The number of rotatable bonds is 8. The van der Waals surface area contributed by atoms with Crippen molar-refractivity contribution in [1.29, 1.82) is 0 Å². The van der Waals surface area contributed by atoms with Gasteiger partial charge < -0.3 is 5.32 Å². The van der Waals surface area contributed by atoms with Gasteiger partial charge >= 0.3 is 0 Å². The zero-order valence-electron chi connectivity index (χ0n) is 11.9. The normalized spacial score (nSPS) is 14.4. The molecule has 0 fully saturated rings. The van der Waals surface area contributed by atoms with Crippen LogP contribution in [0.1, 0.15) is 32.8 Å². The van der Waals surface area contributed by atoms with Crippen molar-refractivity contribution in [3.63, 3.8) is 0 Å². The van der Waals surface area contributed by atoms with Crippen molar-refractivity contribution >= 4 is 23.4 Å². The Morgan fingerprint density at radius 1 is 1.37 bits per heavy atom. The van der Waals surface area contributed by atoms with Gasteiger partial charge in [0.1, 0.15) is 5.82 Å². The Morgan fingerprint density at radius 3 is 2.74 bits per heavy atom. The van der Waals surface area contributed by atoms with Gasteiger partial charge in [-0.25, -0.2) is 4.39 Å². The lowest BCUT2D eigenvalue weighted by Crippen LogP contribution is -2.33. The summed E-state index contributed by atoms with van der Waals surface area (Å²) in [5.74, 6) is 0.805. The molecule has 1 N–H and O–H groups in total. The van der Waals surface area contributed by atoms with Crippen LogP contribution in [0.4, 0.5) is 4.39 Å². The average Bonchev–Trinajstić information content (AvgIpc) is 2.40. The second-order valence-electron chi connectivity index (χ2n) is 4.75. The first-order valence-corrected chi connectivity index (χ1v) is 8.28. The second kappa shape index (κ2) is 8.83. The van der Waals surface area contributed by atoms with E-state index in [1.165, 1.54) is 12.5 Å². The number of thioether (sulfide) groups is 1. The van der Waals surface area contributed by atoms with E-state index >= 15 is 0 Å². The van der Waals surface area contributed by atoms with Crippen molar-refractivity contribution in [2.75, 3.05) is 12.3 Å². The van der Waals surface area contributed by atoms with Crippen LogP contribution in [0.15, 0.2) is 18.2 Å². The maximum absolute atomic E-state index is 13.3. The largest absolute Gasteiger partial charge is 0.313 e. The van der Waals surface area contributed by atoms with E-state index in [0.29, 0.717) is 16.3 Å². The zero-order chi connectivity index (χ0) is 14.3. The molecule has 0 saturated heterocycles. The van der Waals surface area contributed by atoms with Crippen LogP contribution in [0, 0.1) is 5.82 Å². The fourth-order valence-corrected chi connectivity index (χ4v) is 3.07. The minimum absolute atomic E-state index is 0.218. The highest BCUT2D eigenvalue weighted by molar-refractivity contribution is 7.99. The molecule has 0 spiro atoms. The highest BCUT2D eigenvalue weighted by atomic mass is 35.5. The second-order valence-corrected chi connectivity index (χ2v) is 6.63. The van der Waals surface area contributed by atoms with Crippen LogP contribution in [-0.2, 0) is 6.42 Å². The first kappa shape index (κ1) is 16.8. The molecule has 1 aromatic rings. The summed E-state index contributed by atoms with van der Waals surface area (Å²) in [4.78, 5) is 0. The quantitative estimate of drug-likeness (QED) is 0.757. The van der Waals surface area contributed by atoms with Gasteiger partial charge in [0.05, 0.1) is 0 Å². The SMILES string of the molecule is CCNC(CSC(C)CC)Cc1cc(F)ccc1Cl. The molecule has 1 nitrogen and oxygen atoms in total. The van der Waals surface area contributed by atoms with E-state index in [4.69, 9.17) is 11.6 Å². The standard InChI is InChI=1S/C15H23ClFNS/c1-4-11(3)19-10-14(18-5-2)9-12-8-13(17)6-7-15(12)16/h6-8,11,14,18H,4-5,9-10H2,1-3H3. The zero-order valence-corrected chi connectivity index (χ0v) is 13.5. The smallest absolute Gasteiger partial charge is 0.123 e. The lowest BCUT2D eigenvalue weighted by atomic mass is 10.1. The van der Waals surface area contributed by atoms with E-state index in [9.17, 15) is 4.39 Å². The Bertz CT molecular complexity index is 386. The Morgan fingerprint density at radius 2 is 2.11 bits per heavy atom. The summed E-state index contributed by atoms with van der Waals surface area (Å²) in [5, 5.41) is 4.76. The number of nitrogens with one attached hydrogen (secondary N) is 1. The average molecular weight is 304 g/mol. The maximum Gasteiger partial charge on any atom is 0.123 e. The summed E-state index contributed by atoms with van der Waals surface area (Å²) in [6, 6.07) is 4.92. The highest BCUT2D eigenvalue weighted by Crippen LogP contribution is 2.21. The van der Waals surface area contributed by atoms with Crippen LogP contribution < -0.4 is 5.32 Å². The monoisotopic (exact) mass is 303 g/mol. The summed E-state index contributed by atoms with van der Waals surface area (Å²) < 4.78 is 13.3. The molecule has 0 aliphatic rings. The van der Waals surface area contributed by atoms with Crippen LogP contribution in [-0.4, -0.2) is 23.6 Å². The molecular formula is C15H23ClFNS. The van der Waals surface area contributed by atoms with Crippen LogP contribution in [0.25, 0.3) is 0 Å². The van der Waals surface area contributed by atoms with Gasteiger partial charge in [-0.15, -0.1) is 0 Å². The Hall–Kier alpha value is -0.250. The van der Waals surface area contributed by atoms with E-state index in [1.54, 1.807) is 12.1 Å². The minimum Gasteiger partial charge on any atom is -0.313 e. The Labute approximate surface area is 125 Å². The van der Waals surface area contributed by atoms with Gasteiger partial charge in [0, 0.05) is 22.1 Å². The van der Waals surface area contributed by atoms with Crippen molar-refractivity contribution < 1.29 is 4.39 Å². The molecule has 4 heteroatoms. The van der Waals surface area contributed by atoms with E-state index in [1.807, 2.05) is 11.8 Å². The van der Waals surface area contributed by atoms with E-state index in [2.05, 4.69) is 26.1 Å². The van der Waals surface area contributed by atoms with Crippen molar-refractivity contribution in [2.24, 2.45) is 0 Å². The summed E-state index contributed by atoms with van der Waals surface area (Å²) in [6.45, 7) is 7.44. The van der Waals surface area contributed by atoms with E-state index in [-0.39, 0.29) is 5.82 Å². The lowest BCUT2D eigenvalue weighted by molar-refractivity contribution is 0.567.